The zero-order valence-corrected chi connectivity index (χ0v) is 18.5. The van der Waals surface area contributed by atoms with Crippen LogP contribution in [0.4, 0.5) is 40.7 Å². The van der Waals surface area contributed by atoms with Gasteiger partial charge in [-0.05, 0) is 30.3 Å². The van der Waals surface area contributed by atoms with Crippen molar-refractivity contribution in [3.8, 4) is 0 Å². The van der Waals surface area contributed by atoms with Crippen LogP contribution in [0.1, 0.15) is 17.7 Å². The Hall–Kier alpha value is -3.80. The molecule has 12 heteroatoms. The van der Waals surface area contributed by atoms with Gasteiger partial charge in [-0.1, -0.05) is 6.07 Å². The quantitative estimate of drug-likeness (QED) is 0.540. The van der Waals surface area contributed by atoms with E-state index >= 15 is 0 Å². The van der Waals surface area contributed by atoms with Crippen molar-refractivity contribution in [3.05, 3.63) is 65.9 Å². The number of halogens is 4. The molecule has 0 amide bonds. The van der Waals surface area contributed by atoms with Crippen molar-refractivity contribution in [1.29, 1.82) is 0 Å². The average Bonchev–Trinajstić information content (AvgIpc) is 3.35. The van der Waals surface area contributed by atoms with Crippen LogP contribution in [0, 0.1) is 5.82 Å². The molecule has 182 valence electrons. The van der Waals surface area contributed by atoms with Gasteiger partial charge >= 0.3 is 6.18 Å². The summed E-state index contributed by atoms with van der Waals surface area (Å²) in [6.45, 7) is 2.62. The maximum atomic E-state index is 14.3. The summed E-state index contributed by atoms with van der Waals surface area (Å²) in [6, 6.07) is 8.42. The molecule has 2 aliphatic rings. The van der Waals surface area contributed by atoms with Crippen LogP contribution in [0.3, 0.4) is 0 Å². The van der Waals surface area contributed by atoms with E-state index < -0.39 is 17.6 Å². The minimum Gasteiger partial charge on any atom is -0.378 e. The first-order chi connectivity index (χ1) is 16.9. The number of hydrazone groups is 1. The molecule has 5 rings (SSSR count). The Morgan fingerprint density at radius 1 is 0.943 bits per heavy atom. The molecular formula is C23H21F4N7O. The molecule has 3 aromatic rings. The molecule has 0 radical (unpaired) electrons. The normalized spacial score (nSPS) is 16.4. The van der Waals surface area contributed by atoms with Gasteiger partial charge in [0.25, 0.3) is 0 Å². The van der Waals surface area contributed by atoms with Gasteiger partial charge in [-0.3, -0.25) is 4.98 Å². The lowest BCUT2D eigenvalue weighted by molar-refractivity contribution is -0.137. The predicted octanol–water partition coefficient (Wildman–Crippen LogP) is 4.22. The van der Waals surface area contributed by atoms with Gasteiger partial charge in [0.1, 0.15) is 0 Å². The summed E-state index contributed by atoms with van der Waals surface area (Å²) in [7, 11) is 0. The number of morpholine rings is 1. The standard InChI is InChI=1S/C23H21F4N7O/c24-18-14-29-22(31-21(18)33-8-10-35-11-9-33)34-7-6-20(32-34)19-5-4-17(13-28-19)30-16-3-1-2-15(12-16)23(25,26)27/h1-5,12-14,30H,6-11H2. The van der Waals surface area contributed by atoms with Gasteiger partial charge in [0.15, 0.2) is 11.6 Å². The van der Waals surface area contributed by atoms with Crippen molar-refractivity contribution >= 4 is 28.9 Å². The van der Waals surface area contributed by atoms with E-state index in [1.807, 2.05) is 4.90 Å². The fourth-order valence-electron chi connectivity index (χ4n) is 3.83. The third-order valence-electron chi connectivity index (χ3n) is 5.59. The molecule has 2 aromatic heterocycles. The third-order valence-corrected chi connectivity index (χ3v) is 5.59. The number of hydrogen-bond donors (Lipinski definition) is 1. The molecule has 0 aliphatic carbocycles. The summed E-state index contributed by atoms with van der Waals surface area (Å²) >= 11 is 0. The fraction of sp³-hybridized carbons (Fsp3) is 0.304. The predicted molar refractivity (Wildman–Crippen MR) is 122 cm³/mol. The number of ether oxygens (including phenoxy) is 1. The van der Waals surface area contributed by atoms with E-state index in [2.05, 4.69) is 25.4 Å². The molecule has 8 nitrogen and oxygen atoms in total. The van der Waals surface area contributed by atoms with Crippen LogP contribution < -0.4 is 15.2 Å². The lowest BCUT2D eigenvalue weighted by Crippen LogP contribution is -2.37. The molecule has 0 saturated carbocycles. The maximum absolute atomic E-state index is 14.3. The minimum absolute atomic E-state index is 0.227. The first-order valence-electron chi connectivity index (χ1n) is 11.0. The molecule has 1 saturated heterocycles. The highest BCUT2D eigenvalue weighted by Crippen LogP contribution is 2.31. The van der Waals surface area contributed by atoms with E-state index in [0.29, 0.717) is 68.0 Å². The van der Waals surface area contributed by atoms with E-state index in [1.54, 1.807) is 23.2 Å². The largest absolute Gasteiger partial charge is 0.416 e. The van der Waals surface area contributed by atoms with Crippen molar-refractivity contribution in [2.75, 3.05) is 48.1 Å². The van der Waals surface area contributed by atoms with Crippen molar-refractivity contribution < 1.29 is 22.3 Å². The van der Waals surface area contributed by atoms with Crippen LogP contribution >= 0.6 is 0 Å². The van der Waals surface area contributed by atoms with Crippen LogP contribution in [0.15, 0.2) is 53.9 Å². The van der Waals surface area contributed by atoms with Gasteiger partial charge in [0.05, 0.1) is 54.8 Å². The van der Waals surface area contributed by atoms with Crippen molar-refractivity contribution in [1.82, 2.24) is 15.0 Å². The number of benzene rings is 1. The lowest BCUT2D eigenvalue weighted by atomic mass is 10.1. The van der Waals surface area contributed by atoms with Crippen LogP contribution in [-0.2, 0) is 10.9 Å². The first kappa shape index (κ1) is 23.0. The SMILES string of the molecule is Fc1cnc(N2CCC(c3ccc(Nc4cccc(C(F)(F)F)c4)cn3)=N2)nc1N1CCOCC1. The summed E-state index contributed by atoms with van der Waals surface area (Å²) < 4.78 is 58.4. The zero-order chi connectivity index (χ0) is 24.4. The zero-order valence-electron chi connectivity index (χ0n) is 18.5. The molecule has 35 heavy (non-hydrogen) atoms. The molecule has 1 aromatic carbocycles. The van der Waals surface area contributed by atoms with Crippen molar-refractivity contribution in [3.63, 3.8) is 0 Å². The van der Waals surface area contributed by atoms with Gasteiger partial charge in [0.2, 0.25) is 5.95 Å². The Morgan fingerprint density at radius 2 is 1.77 bits per heavy atom. The first-order valence-corrected chi connectivity index (χ1v) is 11.0. The number of nitrogens with one attached hydrogen (secondary N) is 1. The molecule has 1 N–H and O–H groups in total. The van der Waals surface area contributed by atoms with Gasteiger partial charge in [-0.25, -0.2) is 14.4 Å². The van der Waals surface area contributed by atoms with Gasteiger partial charge in [0, 0.05) is 25.2 Å². The van der Waals surface area contributed by atoms with Gasteiger partial charge < -0.3 is 15.0 Å². The maximum Gasteiger partial charge on any atom is 0.416 e. The molecule has 0 atom stereocenters. The Bertz CT molecular complexity index is 1230. The van der Waals surface area contributed by atoms with E-state index in [1.165, 1.54) is 12.3 Å². The Labute approximate surface area is 198 Å². The molecule has 4 heterocycles. The van der Waals surface area contributed by atoms with Crippen molar-refractivity contribution in [2.24, 2.45) is 5.10 Å². The Morgan fingerprint density at radius 3 is 2.51 bits per heavy atom. The fourth-order valence-corrected chi connectivity index (χ4v) is 3.83. The molecule has 1 fully saturated rings. The second kappa shape index (κ2) is 9.45. The monoisotopic (exact) mass is 487 g/mol. The second-order valence-corrected chi connectivity index (χ2v) is 8.00. The minimum atomic E-state index is -4.41. The van der Waals surface area contributed by atoms with Crippen LogP contribution in [-0.4, -0.2) is 53.5 Å². The number of nitrogens with zero attached hydrogens (tertiary/aromatic N) is 6. The van der Waals surface area contributed by atoms with E-state index in [9.17, 15) is 17.6 Å². The summed E-state index contributed by atoms with van der Waals surface area (Å²) in [5.74, 6) is 0.0281. The lowest BCUT2D eigenvalue weighted by Gasteiger charge is -2.28. The number of hydrogen-bond acceptors (Lipinski definition) is 8. The molecule has 0 unspecified atom stereocenters. The Balaban J connectivity index is 1.29. The molecular weight excluding hydrogens is 466 g/mol. The number of aromatic nitrogens is 3. The topological polar surface area (TPSA) is 78.8 Å². The van der Waals surface area contributed by atoms with E-state index in [4.69, 9.17) is 4.74 Å². The smallest absolute Gasteiger partial charge is 0.378 e. The van der Waals surface area contributed by atoms with Crippen LogP contribution in [0.25, 0.3) is 0 Å². The summed E-state index contributed by atoms with van der Waals surface area (Å²) in [5, 5.41) is 9.08. The van der Waals surface area contributed by atoms with Gasteiger partial charge in [-0.15, -0.1) is 0 Å². The molecule has 0 spiro atoms. The number of pyridine rings is 1. The van der Waals surface area contributed by atoms with Crippen LogP contribution in [0.2, 0.25) is 0 Å². The second-order valence-electron chi connectivity index (χ2n) is 8.00. The summed E-state index contributed by atoms with van der Waals surface area (Å²) in [5.41, 5.74) is 1.45. The highest BCUT2D eigenvalue weighted by Gasteiger charge is 2.30. The van der Waals surface area contributed by atoms with E-state index in [-0.39, 0.29) is 5.82 Å². The summed E-state index contributed by atoms with van der Waals surface area (Å²) in [6.07, 6.45) is -1.15. The Kier molecular flexibility index (Phi) is 6.20. The van der Waals surface area contributed by atoms with Gasteiger partial charge in [-0.2, -0.15) is 23.3 Å². The van der Waals surface area contributed by atoms with Crippen LogP contribution in [0.5, 0.6) is 0 Å². The number of anilines is 4. The van der Waals surface area contributed by atoms with E-state index in [0.717, 1.165) is 18.3 Å². The average molecular weight is 487 g/mol. The number of alkyl halides is 3. The molecule has 0 bridgehead atoms. The number of rotatable bonds is 5. The highest BCUT2D eigenvalue weighted by atomic mass is 19.4. The third kappa shape index (κ3) is 5.16. The summed E-state index contributed by atoms with van der Waals surface area (Å²) in [4.78, 5) is 14.7. The molecule has 2 aliphatic heterocycles. The highest BCUT2D eigenvalue weighted by molar-refractivity contribution is 6.01. The van der Waals surface area contributed by atoms with Crippen molar-refractivity contribution in [2.45, 2.75) is 12.6 Å².